The molecule has 6 aromatic rings. The fraction of sp³-hybridized carbons (Fsp3) is 0.212. The Bertz CT molecular complexity index is 1620. The van der Waals surface area contributed by atoms with Crippen LogP contribution in [0.2, 0.25) is 0 Å². The van der Waals surface area contributed by atoms with Gasteiger partial charge in [-0.15, -0.1) is 0 Å². The van der Waals surface area contributed by atoms with Gasteiger partial charge in [0.2, 0.25) is 5.91 Å². The molecule has 3 heterocycles. The second-order valence-corrected chi connectivity index (χ2v) is 9.83. The molecule has 1 amide bonds. The number of hydrogen-bond acceptors (Lipinski definition) is 3. The highest BCUT2D eigenvalue weighted by atomic mass is 16.4. The first kappa shape index (κ1) is 29.2. The van der Waals surface area contributed by atoms with Crippen LogP contribution in [0, 0.1) is 0 Å². The first-order valence-corrected chi connectivity index (χ1v) is 13.8. The molecule has 0 unspecified atom stereocenters. The molecule has 8 heteroatoms. The van der Waals surface area contributed by atoms with Crippen LogP contribution < -0.4 is 11.5 Å². The molecule has 3 aromatic heterocycles. The van der Waals surface area contributed by atoms with Gasteiger partial charge in [-0.2, -0.15) is 0 Å². The van der Waals surface area contributed by atoms with Crippen LogP contribution in [0.15, 0.2) is 91.4 Å². The summed E-state index contributed by atoms with van der Waals surface area (Å²) >= 11 is 0. The van der Waals surface area contributed by atoms with Crippen LogP contribution in [0.4, 0.5) is 0 Å². The van der Waals surface area contributed by atoms with E-state index in [1.54, 1.807) is 0 Å². The number of carboxylic acid groups (broad SMARTS) is 1. The zero-order valence-corrected chi connectivity index (χ0v) is 23.0. The van der Waals surface area contributed by atoms with Crippen molar-refractivity contribution in [3.63, 3.8) is 0 Å². The summed E-state index contributed by atoms with van der Waals surface area (Å²) in [4.78, 5) is 30.6. The number of nitrogens with one attached hydrogen (secondary N) is 3. The molecule has 0 aliphatic heterocycles. The van der Waals surface area contributed by atoms with Crippen LogP contribution in [0.3, 0.4) is 0 Å². The fourth-order valence-electron chi connectivity index (χ4n) is 4.81. The summed E-state index contributed by atoms with van der Waals surface area (Å²) in [7, 11) is 0. The van der Waals surface area contributed by atoms with Crippen LogP contribution in [0.5, 0.6) is 0 Å². The van der Waals surface area contributed by atoms with Crippen LogP contribution in [-0.4, -0.2) is 38.5 Å². The highest BCUT2D eigenvalue weighted by molar-refractivity contribution is 5.85. The number of amides is 1. The van der Waals surface area contributed by atoms with E-state index in [2.05, 4.69) is 39.3 Å². The Kier molecular flexibility index (Phi) is 10.3. The van der Waals surface area contributed by atoms with E-state index in [1.807, 2.05) is 67.0 Å². The zero-order valence-electron chi connectivity index (χ0n) is 23.0. The molecular weight excluding hydrogens is 514 g/mol. The number of aromatic nitrogens is 3. The minimum atomic E-state index is -0.754. The third kappa shape index (κ3) is 8.09. The van der Waals surface area contributed by atoms with E-state index in [4.69, 9.17) is 16.6 Å². The maximum absolute atomic E-state index is 10.6. The monoisotopic (exact) mass is 551 g/mol. The summed E-state index contributed by atoms with van der Waals surface area (Å²) in [6.07, 6.45) is 9.91. The lowest BCUT2D eigenvalue weighted by Gasteiger charge is -1.96. The Morgan fingerprint density at radius 2 is 1.00 bits per heavy atom. The normalized spacial score (nSPS) is 10.7. The number of carbonyl (C=O) groups excluding carboxylic acids is 1. The lowest BCUT2D eigenvalue weighted by atomic mass is 10.1. The van der Waals surface area contributed by atoms with Gasteiger partial charge in [0, 0.05) is 64.1 Å². The lowest BCUT2D eigenvalue weighted by Crippen LogP contribution is -2.10. The van der Waals surface area contributed by atoms with Gasteiger partial charge in [0.1, 0.15) is 0 Å². The number of para-hydroxylation sites is 3. The molecule has 8 N–H and O–H groups in total. The average Bonchev–Trinajstić information content (AvgIpc) is 3.71. The number of nitrogens with two attached hydrogens (primary N) is 2. The summed E-state index contributed by atoms with van der Waals surface area (Å²) in [5.74, 6) is -1.01. The summed E-state index contributed by atoms with van der Waals surface area (Å²) in [6.45, 7) is 0.763. The van der Waals surface area contributed by atoms with Crippen molar-refractivity contribution in [2.75, 3.05) is 6.54 Å². The third-order valence-corrected chi connectivity index (χ3v) is 6.92. The molecule has 0 saturated heterocycles. The molecule has 0 bridgehead atoms. The Hall–Kier alpha value is -4.82. The maximum Gasteiger partial charge on any atom is 0.303 e. The number of aryl methyl sites for hydroxylation is 3. The van der Waals surface area contributed by atoms with Gasteiger partial charge in [-0.25, -0.2) is 0 Å². The molecule has 0 radical (unpaired) electrons. The quantitative estimate of drug-likeness (QED) is 0.134. The molecule has 8 nitrogen and oxygen atoms in total. The number of rotatable bonds is 9. The van der Waals surface area contributed by atoms with E-state index in [9.17, 15) is 9.59 Å². The van der Waals surface area contributed by atoms with Crippen molar-refractivity contribution < 1.29 is 14.7 Å². The number of aromatic amines is 3. The van der Waals surface area contributed by atoms with E-state index < -0.39 is 5.97 Å². The largest absolute Gasteiger partial charge is 0.481 e. The first-order chi connectivity index (χ1) is 20.0. The number of carboxylic acids is 1. The molecule has 3 aromatic carbocycles. The van der Waals surface area contributed by atoms with Crippen LogP contribution in [0.1, 0.15) is 36.0 Å². The number of fused-ring (bicyclic) bond motifs is 3. The van der Waals surface area contributed by atoms with Crippen molar-refractivity contribution in [1.29, 1.82) is 0 Å². The molecule has 6 rings (SSSR count). The van der Waals surface area contributed by atoms with Gasteiger partial charge >= 0.3 is 5.97 Å². The van der Waals surface area contributed by atoms with Gasteiger partial charge in [-0.1, -0.05) is 54.6 Å². The molecule has 0 spiro atoms. The summed E-state index contributed by atoms with van der Waals surface area (Å²) in [5, 5.41) is 12.2. The topological polar surface area (TPSA) is 154 Å². The first-order valence-electron chi connectivity index (χ1n) is 13.8. The van der Waals surface area contributed by atoms with Gasteiger partial charge in [-0.3, -0.25) is 9.59 Å². The van der Waals surface area contributed by atoms with E-state index >= 15 is 0 Å². The molecule has 0 aliphatic carbocycles. The van der Waals surface area contributed by atoms with E-state index in [0.717, 1.165) is 46.9 Å². The summed E-state index contributed by atoms with van der Waals surface area (Å²) < 4.78 is 0. The summed E-state index contributed by atoms with van der Waals surface area (Å²) in [5.41, 5.74) is 17.6. The van der Waals surface area contributed by atoms with E-state index in [-0.39, 0.29) is 12.3 Å². The third-order valence-electron chi connectivity index (χ3n) is 6.92. The Morgan fingerprint density at radius 1 is 0.610 bits per heavy atom. The van der Waals surface area contributed by atoms with Gasteiger partial charge < -0.3 is 31.5 Å². The minimum absolute atomic E-state index is 0.182. The number of benzene rings is 3. The molecule has 41 heavy (non-hydrogen) atoms. The molecule has 0 saturated carbocycles. The molecule has 0 fully saturated rings. The van der Waals surface area contributed by atoms with Crippen molar-refractivity contribution in [2.45, 2.75) is 38.5 Å². The Morgan fingerprint density at radius 3 is 1.39 bits per heavy atom. The molecule has 0 aliphatic rings. The number of hydrogen-bond donors (Lipinski definition) is 6. The van der Waals surface area contributed by atoms with E-state index in [1.165, 1.54) is 21.9 Å². The van der Waals surface area contributed by atoms with Crippen molar-refractivity contribution in [3.05, 3.63) is 108 Å². The second kappa shape index (κ2) is 14.5. The average molecular weight is 552 g/mol. The molecular formula is C33H37N5O3. The van der Waals surface area contributed by atoms with Crippen molar-refractivity contribution in [3.8, 4) is 0 Å². The highest BCUT2D eigenvalue weighted by Gasteiger charge is 2.05. The molecule has 0 atom stereocenters. The van der Waals surface area contributed by atoms with Crippen molar-refractivity contribution in [1.82, 2.24) is 15.0 Å². The fourth-order valence-corrected chi connectivity index (χ4v) is 4.81. The van der Waals surface area contributed by atoms with E-state index in [0.29, 0.717) is 19.3 Å². The number of aliphatic carboxylic acids is 1. The van der Waals surface area contributed by atoms with Crippen molar-refractivity contribution >= 4 is 44.6 Å². The van der Waals surface area contributed by atoms with Gasteiger partial charge in [0.15, 0.2) is 0 Å². The number of H-pyrrole nitrogens is 3. The molecule has 212 valence electrons. The van der Waals surface area contributed by atoms with Crippen molar-refractivity contribution in [2.24, 2.45) is 11.5 Å². The standard InChI is InChI=1S/C11H12N2O.C11H14N2.C11H11NO2/c12-11(14)6-5-8-7-13-10-4-2-1-3-9(8)10;12-7-3-4-9-8-13-11-6-2-1-5-10(9)11;13-11(14)6-5-8-7-12-10-4-2-1-3-9(8)10/h1-4,7,13H,5-6H2,(H2,12,14);1-2,5-6,8,13H,3-4,7,12H2;1-4,7,12H,5-6H2,(H,13,14). The Labute approximate surface area is 238 Å². The Balaban J connectivity index is 0.000000142. The lowest BCUT2D eigenvalue weighted by molar-refractivity contribution is -0.137. The number of primary amides is 1. The van der Waals surface area contributed by atoms with Crippen LogP contribution >= 0.6 is 0 Å². The van der Waals surface area contributed by atoms with Gasteiger partial charge in [0.05, 0.1) is 0 Å². The SMILES string of the molecule is NC(=O)CCc1c[nH]c2ccccc12.NCCCc1c[nH]c2ccccc12.O=C(O)CCc1c[nH]c2ccccc12. The van der Waals surface area contributed by atoms with Gasteiger partial charge in [0.25, 0.3) is 0 Å². The summed E-state index contributed by atoms with van der Waals surface area (Å²) in [6, 6.07) is 24.3. The van der Waals surface area contributed by atoms with Gasteiger partial charge in [-0.05, 0) is 67.1 Å². The second-order valence-electron chi connectivity index (χ2n) is 9.83. The minimum Gasteiger partial charge on any atom is -0.481 e. The van der Waals surface area contributed by atoms with Crippen LogP contribution in [-0.2, 0) is 28.9 Å². The number of carbonyl (C=O) groups is 2. The maximum atomic E-state index is 10.6. The zero-order chi connectivity index (χ0) is 29.0. The smallest absolute Gasteiger partial charge is 0.303 e. The predicted octanol–water partition coefficient (Wildman–Crippen LogP) is 5.83. The van der Waals surface area contributed by atoms with Crippen LogP contribution in [0.25, 0.3) is 32.7 Å². The highest BCUT2D eigenvalue weighted by Crippen LogP contribution is 2.20. The predicted molar refractivity (Wildman–Crippen MR) is 166 cm³/mol.